The molecule has 0 amide bonds. The fourth-order valence-electron chi connectivity index (χ4n) is 3.36. The number of nitrogens with zero attached hydrogens (tertiary/aromatic N) is 4. The Balaban J connectivity index is 1.79. The van der Waals surface area contributed by atoms with Crippen molar-refractivity contribution in [2.75, 3.05) is 5.32 Å². The van der Waals surface area contributed by atoms with Crippen LogP contribution in [0.1, 0.15) is 29.7 Å². The minimum absolute atomic E-state index is 0.0498. The van der Waals surface area contributed by atoms with E-state index >= 15 is 0 Å². The van der Waals surface area contributed by atoms with Crippen molar-refractivity contribution >= 4 is 11.5 Å². The van der Waals surface area contributed by atoms with Crippen LogP contribution in [0, 0.1) is 0 Å². The quantitative estimate of drug-likeness (QED) is 0.376. The number of aromatic nitrogens is 4. The summed E-state index contributed by atoms with van der Waals surface area (Å²) < 4.78 is 81.1. The number of anilines is 1. The lowest BCUT2D eigenvalue weighted by Gasteiger charge is -2.18. The zero-order valence-electron chi connectivity index (χ0n) is 16.8. The molecule has 2 aromatic carbocycles. The van der Waals surface area contributed by atoms with Gasteiger partial charge >= 0.3 is 12.4 Å². The van der Waals surface area contributed by atoms with Crippen LogP contribution in [0.4, 0.5) is 32.3 Å². The molecule has 2 heterocycles. The molecule has 0 aliphatic carbocycles. The predicted octanol–water partition coefficient (Wildman–Crippen LogP) is 5.71. The van der Waals surface area contributed by atoms with Crippen LogP contribution in [0.5, 0.6) is 5.75 Å². The Hall–Kier alpha value is -3.83. The van der Waals surface area contributed by atoms with Crippen molar-refractivity contribution in [2.24, 2.45) is 0 Å². The largest absolute Gasteiger partial charge is 0.508 e. The summed E-state index contributed by atoms with van der Waals surface area (Å²) in [7, 11) is 0. The van der Waals surface area contributed by atoms with Gasteiger partial charge < -0.3 is 10.4 Å². The van der Waals surface area contributed by atoms with Gasteiger partial charge in [-0.15, -0.1) is 10.2 Å². The molecule has 1 atom stereocenters. The summed E-state index contributed by atoms with van der Waals surface area (Å²) in [5.74, 6) is 0.142. The SMILES string of the molecule is CC(Nc1nnc(-c2ccc(C(F)(F)F)cc2C(F)(F)F)c2ccnn12)c1cccc(O)c1. The lowest BCUT2D eigenvalue weighted by atomic mass is 10.00. The molecule has 4 aromatic rings. The molecule has 0 fully saturated rings. The third kappa shape index (κ3) is 4.41. The second-order valence-electron chi connectivity index (χ2n) is 7.22. The first kappa shape index (κ1) is 22.4. The predicted molar refractivity (Wildman–Crippen MR) is 106 cm³/mol. The van der Waals surface area contributed by atoms with E-state index in [2.05, 4.69) is 20.6 Å². The number of hydrogen-bond donors (Lipinski definition) is 2. The lowest BCUT2D eigenvalue weighted by Crippen LogP contribution is -2.15. The maximum atomic E-state index is 13.6. The number of benzene rings is 2. The number of halogens is 6. The molecule has 0 spiro atoms. The highest BCUT2D eigenvalue weighted by Crippen LogP contribution is 2.41. The van der Waals surface area contributed by atoms with Crippen LogP contribution < -0.4 is 5.32 Å². The highest BCUT2D eigenvalue weighted by Gasteiger charge is 2.39. The standard InChI is InChI=1S/C21H15F6N5O/c1-11(12-3-2-4-14(33)9-12)29-19-31-30-18(17-7-8-28-32(17)19)15-6-5-13(20(22,23)24)10-16(15)21(25,26)27/h2-11,33H,1H3,(H,29,31). The molecule has 0 aliphatic rings. The molecule has 2 N–H and O–H groups in total. The molecular formula is C21H15F6N5O. The van der Waals surface area contributed by atoms with E-state index in [4.69, 9.17) is 0 Å². The summed E-state index contributed by atoms with van der Waals surface area (Å²) in [6.45, 7) is 1.76. The van der Waals surface area contributed by atoms with Gasteiger partial charge in [0.1, 0.15) is 11.4 Å². The minimum Gasteiger partial charge on any atom is -0.508 e. The van der Waals surface area contributed by atoms with Crippen molar-refractivity contribution < 1.29 is 31.4 Å². The molecule has 6 nitrogen and oxygen atoms in total. The Morgan fingerprint density at radius 3 is 2.36 bits per heavy atom. The van der Waals surface area contributed by atoms with Crippen LogP contribution in [-0.4, -0.2) is 24.9 Å². The van der Waals surface area contributed by atoms with Crippen molar-refractivity contribution in [3.05, 3.63) is 71.4 Å². The summed E-state index contributed by atoms with van der Waals surface area (Å²) in [6, 6.07) is 8.76. The minimum atomic E-state index is -5.06. The van der Waals surface area contributed by atoms with E-state index in [1.807, 2.05) is 0 Å². The van der Waals surface area contributed by atoms with E-state index in [1.54, 1.807) is 19.1 Å². The average molecular weight is 467 g/mol. The average Bonchev–Trinajstić information content (AvgIpc) is 3.23. The van der Waals surface area contributed by atoms with Gasteiger partial charge in [-0.05, 0) is 42.8 Å². The molecule has 0 saturated carbocycles. The monoisotopic (exact) mass is 467 g/mol. The van der Waals surface area contributed by atoms with Crippen molar-refractivity contribution in [1.29, 1.82) is 0 Å². The molecule has 12 heteroatoms. The van der Waals surface area contributed by atoms with Gasteiger partial charge in [0, 0.05) is 5.56 Å². The Morgan fingerprint density at radius 1 is 0.939 bits per heavy atom. The Bertz CT molecular complexity index is 1310. The first-order valence-corrected chi connectivity index (χ1v) is 9.50. The van der Waals surface area contributed by atoms with Gasteiger partial charge in [0.05, 0.1) is 28.9 Å². The zero-order valence-corrected chi connectivity index (χ0v) is 16.8. The van der Waals surface area contributed by atoms with Crippen LogP contribution in [0.3, 0.4) is 0 Å². The van der Waals surface area contributed by atoms with E-state index in [9.17, 15) is 31.4 Å². The summed E-state index contributed by atoms with van der Waals surface area (Å²) in [6.07, 6.45) is -8.69. The summed E-state index contributed by atoms with van der Waals surface area (Å²) in [4.78, 5) is 0. The number of nitrogens with one attached hydrogen (secondary N) is 1. The number of rotatable bonds is 4. The summed E-state index contributed by atoms with van der Waals surface area (Å²) in [5, 5.41) is 24.5. The second kappa shape index (κ2) is 7.94. The van der Waals surface area contributed by atoms with Gasteiger partial charge in [-0.1, -0.05) is 18.2 Å². The highest BCUT2D eigenvalue weighted by atomic mass is 19.4. The molecule has 33 heavy (non-hydrogen) atoms. The number of hydrogen-bond acceptors (Lipinski definition) is 5. The van der Waals surface area contributed by atoms with E-state index < -0.39 is 29.0 Å². The van der Waals surface area contributed by atoms with Crippen molar-refractivity contribution in [1.82, 2.24) is 19.8 Å². The fourth-order valence-corrected chi connectivity index (χ4v) is 3.36. The number of phenols is 1. The fraction of sp³-hybridized carbons (Fsp3) is 0.190. The van der Waals surface area contributed by atoms with E-state index in [1.165, 1.54) is 28.9 Å². The van der Waals surface area contributed by atoms with Crippen molar-refractivity contribution in [3.63, 3.8) is 0 Å². The molecule has 172 valence electrons. The first-order chi connectivity index (χ1) is 15.4. The van der Waals surface area contributed by atoms with Gasteiger partial charge in [0.25, 0.3) is 0 Å². The molecule has 4 rings (SSSR count). The Kier molecular flexibility index (Phi) is 5.38. The molecule has 0 radical (unpaired) electrons. The molecule has 0 bridgehead atoms. The molecular weight excluding hydrogens is 452 g/mol. The topological polar surface area (TPSA) is 75.3 Å². The van der Waals surface area contributed by atoms with E-state index in [0.717, 1.165) is 6.07 Å². The Morgan fingerprint density at radius 2 is 1.70 bits per heavy atom. The molecule has 0 aliphatic heterocycles. The van der Waals surface area contributed by atoms with Crippen molar-refractivity contribution in [2.45, 2.75) is 25.3 Å². The molecule has 2 aromatic heterocycles. The normalized spacial score (nSPS) is 13.3. The van der Waals surface area contributed by atoms with Crippen LogP contribution in [0.25, 0.3) is 16.8 Å². The van der Waals surface area contributed by atoms with Gasteiger partial charge in [0.15, 0.2) is 0 Å². The zero-order chi connectivity index (χ0) is 24.0. The Labute approximate surface area is 182 Å². The lowest BCUT2D eigenvalue weighted by molar-refractivity contribution is -0.142. The smallest absolute Gasteiger partial charge is 0.417 e. The highest BCUT2D eigenvalue weighted by molar-refractivity contribution is 5.79. The van der Waals surface area contributed by atoms with E-state index in [-0.39, 0.29) is 35.0 Å². The number of aromatic hydroxyl groups is 1. The second-order valence-corrected chi connectivity index (χ2v) is 7.22. The van der Waals surface area contributed by atoms with Gasteiger partial charge in [0.2, 0.25) is 5.95 Å². The van der Waals surface area contributed by atoms with Crippen LogP contribution >= 0.6 is 0 Å². The third-order valence-electron chi connectivity index (χ3n) is 4.95. The summed E-state index contributed by atoms with van der Waals surface area (Å²) in [5.41, 5.74) is -2.92. The molecule has 0 saturated heterocycles. The van der Waals surface area contributed by atoms with Gasteiger partial charge in [-0.2, -0.15) is 36.0 Å². The molecule has 1 unspecified atom stereocenters. The first-order valence-electron chi connectivity index (χ1n) is 9.50. The van der Waals surface area contributed by atoms with Crippen LogP contribution in [-0.2, 0) is 12.4 Å². The van der Waals surface area contributed by atoms with Gasteiger partial charge in [-0.25, -0.2) is 0 Å². The van der Waals surface area contributed by atoms with Crippen LogP contribution in [0.15, 0.2) is 54.7 Å². The van der Waals surface area contributed by atoms with Crippen LogP contribution in [0.2, 0.25) is 0 Å². The maximum absolute atomic E-state index is 13.6. The van der Waals surface area contributed by atoms with Gasteiger partial charge in [-0.3, -0.25) is 0 Å². The number of fused-ring (bicyclic) bond motifs is 1. The van der Waals surface area contributed by atoms with Crippen molar-refractivity contribution in [3.8, 4) is 17.0 Å². The number of alkyl halides is 6. The van der Waals surface area contributed by atoms with E-state index in [0.29, 0.717) is 11.6 Å². The summed E-state index contributed by atoms with van der Waals surface area (Å²) >= 11 is 0. The maximum Gasteiger partial charge on any atom is 0.417 e. The number of phenolic OH excluding ortho intramolecular Hbond substituents is 1. The third-order valence-corrected chi connectivity index (χ3v) is 4.95.